The maximum Gasteiger partial charge on any atom is 0.271 e. The van der Waals surface area contributed by atoms with Gasteiger partial charge in [0.25, 0.3) is 5.69 Å². The minimum atomic E-state index is -0.423. The van der Waals surface area contributed by atoms with Crippen molar-refractivity contribution in [2.75, 3.05) is 5.32 Å². The summed E-state index contributed by atoms with van der Waals surface area (Å²) >= 11 is 3.35. The molecule has 2 aromatic rings. The first kappa shape index (κ1) is 13.3. The molecule has 1 N–H and O–H groups in total. The third-order valence-electron chi connectivity index (χ3n) is 2.49. The van der Waals surface area contributed by atoms with Crippen LogP contribution in [0.25, 0.3) is 6.20 Å². The molecule has 0 bridgehead atoms. The van der Waals surface area contributed by atoms with Crippen LogP contribution in [0.5, 0.6) is 0 Å². The van der Waals surface area contributed by atoms with E-state index < -0.39 is 4.92 Å². The Morgan fingerprint density at radius 1 is 1.58 bits per heavy atom. The molecule has 0 spiro atoms. The summed E-state index contributed by atoms with van der Waals surface area (Å²) in [5.41, 5.74) is 1.67. The van der Waals surface area contributed by atoms with Crippen molar-refractivity contribution in [3.05, 3.63) is 57.3 Å². The minimum Gasteiger partial charge on any atom is -0.380 e. The Balaban J connectivity index is 2.12. The van der Waals surface area contributed by atoms with Crippen LogP contribution in [-0.2, 0) is 6.54 Å². The highest BCUT2D eigenvalue weighted by Gasteiger charge is 2.09. The maximum atomic E-state index is 10.7. The van der Waals surface area contributed by atoms with E-state index in [4.69, 9.17) is 0 Å². The standard InChI is InChI=1S/C12H11BrN4O2/c1-2-16-8-9(7-15-16)6-14-12-5-10(17(18)19)3-4-11(12)13/h2-5,7-8,14H,1,6H2. The number of nitrogens with one attached hydrogen (secondary N) is 1. The highest BCUT2D eigenvalue weighted by atomic mass is 79.9. The van der Waals surface area contributed by atoms with Crippen molar-refractivity contribution < 1.29 is 4.92 Å². The lowest BCUT2D eigenvalue weighted by Gasteiger charge is -2.06. The largest absolute Gasteiger partial charge is 0.380 e. The van der Waals surface area contributed by atoms with Gasteiger partial charge in [-0.2, -0.15) is 5.10 Å². The minimum absolute atomic E-state index is 0.0486. The van der Waals surface area contributed by atoms with Crippen LogP contribution in [0.3, 0.4) is 0 Å². The molecule has 2 rings (SSSR count). The number of halogens is 1. The summed E-state index contributed by atoms with van der Waals surface area (Å²) in [6, 6.07) is 4.58. The van der Waals surface area contributed by atoms with E-state index >= 15 is 0 Å². The van der Waals surface area contributed by atoms with Crippen molar-refractivity contribution in [3.8, 4) is 0 Å². The Kier molecular flexibility index (Phi) is 3.96. The van der Waals surface area contributed by atoms with E-state index in [9.17, 15) is 10.1 Å². The molecule has 19 heavy (non-hydrogen) atoms. The van der Waals surface area contributed by atoms with Gasteiger partial charge in [-0.3, -0.25) is 10.1 Å². The van der Waals surface area contributed by atoms with Gasteiger partial charge in [0.1, 0.15) is 0 Å². The smallest absolute Gasteiger partial charge is 0.271 e. The summed E-state index contributed by atoms with van der Waals surface area (Å²) in [7, 11) is 0. The fraction of sp³-hybridized carbons (Fsp3) is 0.0833. The average Bonchev–Trinajstić information content (AvgIpc) is 2.85. The maximum absolute atomic E-state index is 10.7. The van der Waals surface area contributed by atoms with E-state index in [0.29, 0.717) is 12.2 Å². The molecule has 0 aliphatic rings. The molecular weight excluding hydrogens is 312 g/mol. The highest BCUT2D eigenvalue weighted by Crippen LogP contribution is 2.27. The number of rotatable bonds is 5. The summed E-state index contributed by atoms with van der Waals surface area (Å²) in [6.07, 6.45) is 5.12. The van der Waals surface area contributed by atoms with Crippen molar-refractivity contribution in [2.24, 2.45) is 0 Å². The Hall–Kier alpha value is -2.15. The second-order valence-electron chi connectivity index (χ2n) is 3.79. The van der Waals surface area contributed by atoms with Gasteiger partial charge < -0.3 is 5.32 Å². The predicted octanol–water partition coefficient (Wildman–Crippen LogP) is 3.27. The second kappa shape index (κ2) is 5.66. The predicted molar refractivity (Wildman–Crippen MR) is 76.7 cm³/mol. The van der Waals surface area contributed by atoms with E-state index in [0.717, 1.165) is 10.0 Å². The van der Waals surface area contributed by atoms with Gasteiger partial charge in [0, 0.05) is 41.1 Å². The Bertz CT molecular complexity index is 624. The Morgan fingerprint density at radius 2 is 2.37 bits per heavy atom. The van der Waals surface area contributed by atoms with Crippen molar-refractivity contribution in [3.63, 3.8) is 0 Å². The second-order valence-corrected chi connectivity index (χ2v) is 4.64. The normalized spacial score (nSPS) is 10.2. The first-order valence-corrected chi connectivity index (χ1v) is 6.23. The number of non-ortho nitro benzene ring substituents is 1. The van der Waals surface area contributed by atoms with E-state index in [1.165, 1.54) is 12.1 Å². The molecule has 0 fully saturated rings. The van der Waals surface area contributed by atoms with E-state index in [2.05, 4.69) is 32.9 Å². The van der Waals surface area contributed by atoms with Crippen molar-refractivity contribution in [1.82, 2.24) is 9.78 Å². The molecule has 0 aliphatic heterocycles. The lowest BCUT2D eigenvalue weighted by atomic mass is 10.2. The van der Waals surface area contributed by atoms with Gasteiger partial charge in [-0.1, -0.05) is 6.58 Å². The molecule has 1 aromatic heterocycles. The van der Waals surface area contributed by atoms with Crippen molar-refractivity contribution >= 4 is 33.5 Å². The van der Waals surface area contributed by atoms with E-state index in [1.54, 1.807) is 23.1 Å². The van der Waals surface area contributed by atoms with E-state index in [1.807, 2.05) is 6.20 Å². The zero-order chi connectivity index (χ0) is 13.8. The monoisotopic (exact) mass is 322 g/mol. The number of nitrogens with zero attached hydrogens (tertiary/aromatic N) is 3. The summed E-state index contributed by atoms with van der Waals surface area (Å²) in [5.74, 6) is 0. The SMILES string of the molecule is C=Cn1cc(CNc2cc([N+](=O)[O-])ccc2Br)cn1. The van der Waals surface area contributed by atoms with Crippen LogP contribution in [0.15, 0.2) is 41.6 Å². The number of hydrogen-bond donors (Lipinski definition) is 1. The van der Waals surface area contributed by atoms with Crippen LogP contribution in [0.1, 0.15) is 5.56 Å². The zero-order valence-electron chi connectivity index (χ0n) is 9.91. The van der Waals surface area contributed by atoms with Crippen molar-refractivity contribution in [1.29, 1.82) is 0 Å². The highest BCUT2D eigenvalue weighted by molar-refractivity contribution is 9.10. The fourth-order valence-electron chi connectivity index (χ4n) is 1.53. The Morgan fingerprint density at radius 3 is 3.00 bits per heavy atom. The third kappa shape index (κ3) is 3.19. The molecule has 0 atom stereocenters. The van der Waals surface area contributed by atoms with E-state index in [-0.39, 0.29) is 5.69 Å². The summed E-state index contributed by atoms with van der Waals surface area (Å²) < 4.78 is 2.37. The van der Waals surface area contributed by atoms with Crippen LogP contribution in [0.4, 0.5) is 11.4 Å². The number of benzene rings is 1. The molecule has 0 saturated heterocycles. The van der Waals surface area contributed by atoms with Gasteiger partial charge >= 0.3 is 0 Å². The van der Waals surface area contributed by atoms with Crippen LogP contribution in [-0.4, -0.2) is 14.7 Å². The molecular formula is C12H11BrN4O2. The van der Waals surface area contributed by atoms with Gasteiger partial charge in [-0.15, -0.1) is 0 Å². The number of hydrogen-bond acceptors (Lipinski definition) is 4. The summed E-state index contributed by atoms with van der Waals surface area (Å²) in [5, 5.41) is 17.9. The molecule has 0 amide bonds. The summed E-state index contributed by atoms with van der Waals surface area (Å²) in [4.78, 5) is 10.3. The van der Waals surface area contributed by atoms with Crippen LogP contribution in [0, 0.1) is 10.1 Å². The number of nitro groups is 1. The first-order valence-electron chi connectivity index (χ1n) is 5.43. The van der Waals surface area contributed by atoms with Crippen LogP contribution in [0.2, 0.25) is 0 Å². The fourth-order valence-corrected chi connectivity index (χ4v) is 1.91. The third-order valence-corrected chi connectivity index (χ3v) is 3.18. The van der Waals surface area contributed by atoms with Gasteiger partial charge in [0.2, 0.25) is 0 Å². The first-order chi connectivity index (χ1) is 9.10. The van der Waals surface area contributed by atoms with Gasteiger partial charge in [-0.25, -0.2) is 4.68 Å². The summed E-state index contributed by atoms with van der Waals surface area (Å²) in [6.45, 7) is 4.13. The molecule has 0 saturated carbocycles. The van der Waals surface area contributed by atoms with Crippen LogP contribution >= 0.6 is 15.9 Å². The lowest BCUT2D eigenvalue weighted by molar-refractivity contribution is -0.384. The van der Waals surface area contributed by atoms with Gasteiger partial charge in [0.15, 0.2) is 0 Å². The average molecular weight is 323 g/mol. The molecule has 1 aromatic carbocycles. The Labute approximate surface area is 118 Å². The number of nitro benzene ring substituents is 1. The topological polar surface area (TPSA) is 73.0 Å². The van der Waals surface area contributed by atoms with Gasteiger partial charge in [-0.05, 0) is 22.0 Å². The molecule has 98 valence electrons. The zero-order valence-corrected chi connectivity index (χ0v) is 11.5. The number of aromatic nitrogens is 2. The molecule has 0 unspecified atom stereocenters. The van der Waals surface area contributed by atoms with Gasteiger partial charge in [0.05, 0.1) is 16.8 Å². The molecule has 6 nitrogen and oxygen atoms in total. The van der Waals surface area contributed by atoms with Crippen LogP contribution < -0.4 is 5.32 Å². The molecule has 0 aliphatic carbocycles. The molecule has 1 heterocycles. The van der Waals surface area contributed by atoms with Crippen molar-refractivity contribution in [2.45, 2.75) is 6.54 Å². The number of anilines is 1. The molecule has 0 radical (unpaired) electrons. The quantitative estimate of drug-likeness (QED) is 0.677. The lowest BCUT2D eigenvalue weighted by Crippen LogP contribution is -2.00. The molecule has 7 heteroatoms.